The van der Waals surface area contributed by atoms with Crippen molar-refractivity contribution >= 4 is 23.1 Å². The number of rotatable bonds is 10. The van der Waals surface area contributed by atoms with E-state index in [1.807, 2.05) is 6.07 Å². The zero-order chi connectivity index (χ0) is 38.6. The predicted octanol–water partition coefficient (Wildman–Crippen LogP) is 11.0. The summed E-state index contributed by atoms with van der Waals surface area (Å²) in [6.45, 7) is 0.0614. The number of nitrogens with two attached hydrogens (primary N) is 1. The second kappa shape index (κ2) is 17.7. The quantitative estimate of drug-likeness (QED) is 0.0951. The molecule has 0 bridgehead atoms. The summed E-state index contributed by atoms with van der Waals surface area (Å²) < 4.78 is 95.6. The molecule has 1 heterocycles. The normalized spacial score (nSPS) is 11.1. The van der Waals surface area contributed by atoms with E-state index in [1.54, 1.807) is 103 Å². The number of nitrogens with zero attached hydrogens (tertiary/aromatic N) is 1. The number of alkyl halides is 6. The van der Waals surface area contributed by atoms with Crippen molar-refractivity contribution in [3.05, 3.63) is 168 Å². The van der Waals surface area contributed by atoms with Crippen molar-refractivity contribution < 1.29 is 45.3 Å². The van der Waals surface area contributed by atoms with Crippen LogP contribution < -0.4 is 30.6 Å². The molecule has 2 amide bonds. The average Bonchev–Trinajstić information content (AvgIpc) is 3.15. The van der Waals surface area contributed by atoms with Crippen molar-refractivity contribution in [2.75, 3.05) is 16.4 Å². The molecule has 4 N–H and O–H groups in total. The minimum atomic E-state index is -4.66. The zero-order valence-electron chi connectivity index (χ0n) is 28.2. The van der Waals surface area contributed by atoms with Gasteiger partial charge in [0.1, 0.15) is 36.2 Å². The summed E-state index contributed by atoms with van der Waals surface area (Å²) in [6, 6.07) is 33.9. The van der Waals surface area contributed by atoms with Crippen LogP contribution in [0.25, 0.3) is 0 Å². The fraction of sp³-hybridized carbons (Fsp3) is 0.100. The molecule has 8 nitrogen and oxygen atoms in total. The van der Waals surface area contributed by atoms with E-state index in [-0.39, 0.29) is 36.1 Å². The van der Waals surface area contributed by atoms with E-state index in [9.17, 15) is 31.1 Å². The Bertz CT molecular complexity index is 2100. The number of urea groups is 1. The van der Waals surface area contributed by atoms with Crippen LogP contribution in [0.2, 0.25) is 0 Å². The Balaban J connectivity index is 0.000000249. The van der Waals surface area contributed by atoms with Crippen molar-refractivity contribution in [1.29, 1.82) is 0 Å². The summed E-state index contributed by atoms with van der Waals surface area (Å²) in [7, 11) is 0. The smallest absolute Gasteiger partial charge is 0.420 e. The van der Waals surface area contributed by atoms with E-state index in [2.05, 4.69) is 15.6 Å². The molecule has 0 saturated carbocycles. The highest BCUT2D eigenvalue weighted by atomic mass is 19.4. The molecule has 14 heteroatoms. The third kappa shape index (κ3) is 11.7. The topological polar surface area (TPSA) is 108 Å². The lowest BCUT2D eigenvalue weighted by Crippen LogP contribution is -2.20. The molecule has 0 atom stereocenters. The molecule has 5 aromatic carbocycles. The Kier molecular flexibility index (Phi) is 12.6. The lowest BCUT2D eigenvalue weighted by Gasteiger charge is -2.16. The second-order valence-corrected chi connectivity index (χ2v) is 11.4. The number of halogens is 6. The van der Waals surface area contributed by atoms with Crippen molar-refractivity contribution in [2.45, 2.75) is 25.6 Å². The first-order valence-corrected chi connectivity index (χ1v) is 16.1. The molecule has 0 aliphatic carbocycles. The van der Waals surface area contributed by atoms with Crippen LogP contribution >= 0.6 is 0 Å². The summed E-state index contributed by atoms with van der Waals surface area (Å²) in [5.41, 5.74) is 5.53. The summed E-state index contributed by atoms with van der Waals surface area (Å²) in [5.74, 6) is 0.612. The largest absolute Gasteiger partial charge is 0.488 e. The fourth-order valence-corrected chi connectivity index (χ4v) is 4.76. The van der Waals surface area contributed by atoms with Gasteiger partial charge < -0.3 is 30.6 Å². The summed E-state index contributed by atoms with van der Waals surface area (Å²) in [6.07, 6.45) is -5.95. The molecule has 0 fully saturated rings. The van der Waals surface area contributed by atoms with Crippen LogP contribution in [0.1, 0.15) is 22.3 Å². The van der Waals surface area contributed by atoms with Gasteiger partial charge in [-0.15, -0.1) is 0 Å². The van der Waals surface area contributed by atoms with Crippen LogP contribution in [0.5, 0.6) is 23.0 Å². The number of carbonyl (C=O) groups excluding carboxylic acids is 1. The Labute approximate surface area is 306 Å². The number of aromatic nitrogens is 1. The average molecular weight is 747 g/mol. The van der Waals surface area contributed by atoms with E-state index in [4.69, 9.17) is 19.9 Å². The number of hydrogen-bond donors (Lipinski definition) is 3. The van der Waals surface area contributed by atoms with Gasteiger partial charge in [-0.3, -0.25) is 4.98 Å². The molecule has 1 aromatic heterocycles. The summed E-state index contributed by atoms with van der Waals surface area (Å²) in [4.78, 5) is 16.3. The number of ether oxygens (including phenoxy) is 3. The molecular weight excluding hydrogens is 714 g/mol. The fourth-order valence-electron chi connectivity index (χ4n) is 4.76. The van der Waals surface area contributed by atoms with Gasteiger partial charge in [-0.25, -0.2) is 4.79 Å². The van der Waals surface area contributed by atoms with E-state index >= 15 is 0 Å². The number of nitrogens with one attached hydrogen (secondary N) is 2. The number of carbonyl (C=O) groups is 1. The van der Waals surface area contributed by atoms with Crippen molar-refractivity contribution in [3.8, 4) is 23.0 Å². The molecule has 0 unspecified atom stereocenters. The minimum absolute atomic E-state index is 0.0158. The van der Waals surface area contributed by atoms with Gasteiger partial charge in [-0.05, 0) is 83.9 Å². The standard InChI is InChI=1S/C26H20F3N3O3.C14H12F3NO/c27-26(28,29)23-16-20(8-11-24(23)34-17-18-4-2-1-3-5-18)32-25(33)31-19-6-9-21(10-7-19)35-22-12-14-30-15-13-22;15-14(16,17)12-8-11(18)6-7-13(12)19-9-10-4-2-1-3-5-10/h1-16H,17H2,(H2,31,32,33);1-8H,9,18H2. The van der Waals surface area contributed by atoms with Crippen molar-refractivity contribution in [3.63, 3.8) is 0 Å². The van der Waals surface area contributed by atoms with Crippen LogP contribution in [0.4, 0.5) is 48.2 Å². The van der Waals surface area contributed by atoms with Gasteiger partial charge in [0.25, 0.3) is 0 Å². The van der Waals surface area contributed by atoms with Gasteiger partial charge in [-0.2, -0.15) is 26.3 Å². The highest BCUT2D eigenvalue weighted by Crippen LogP contribution is 2.39. The van der Waals surface area contributed by atoms with Crippen LogP contribution in [0.15, 0.2) is 146 Å². The van der Waals surface area contributed by atoms with Crippen molar-refractivity contribution in [1.82, 2.24) is 4.98 Å². The SMILES string of the molecule is Nc1ccc(OCc2ccccc2)c(C(F)(F)F)c1.O=C(Nc1ccc(Oc2ccncc2)cc1)Nc1ccc(OCc2ccccc2)c(C(F)(F)F)c1. The number of hydrogen-bond acceptors (Lipinski definition) is 6. The maximum Gasteiger partial charge on any atom is 0.420 e. The molecule has 278 valence electrons. The van der Waals surface area contributed by atoms with E-state index in [0.29, 0.717) is 17.2 Å². The lowest BCUT2D eigenvalue weighted by atomic mass is 10.1. The zero-order valence-corrected chi connectivity index (χ0v) is 28.2. The first-order valence-electron chi connectivity index (χ1n) is 16.1. The minimum Gasteiger partial charge on any atom is -0.488 e. The number of benzene rings is 5. The summed E-state index contributed by atoms with van der Waals surface area (Å²) >= 11 is 0. The van der Waals surface area contributed by atoms with Gasteiger partial charge in [0, 0.05) is 29.5 Å². The maximum atomic E-state index is 13.6. The Morgan fingerprint density at radius 2 is 1.04 bits per heavy atom. The molecule has 6 rings (SSSR count). The molecule has 54 heavy (non-hydrogen) atoms. The first-order chi connectivity index (χ1) is 25.8. The van der Waals surface area contributed by atoms with Crippen LogP contribution in [-0.4, -0.2) is 11.0 Å². The van der Waals surface area contributed by atoms with Gasteiger partial charge in [0.05, 0.1) is 11.1 Å². The van der Waals surface area contributed by atoms with E-state index in [1.165, 1.54) is 24.3 Å². The molecule has 0 aliphatic rings. The first kappa shape index (κ1) is 38.5. The number of pyridine rings is 1. The van der Waals surface area contributed by atoms with Crippen LogP contribution in [-0.2, 0) is 25.6 Å². The van der Waals surface area contributed by atoms with Crippen LogP contribution in [0, 0.1) is 0 Å². The summed E-state index contributed by atoms with van der Waals surface area (Å²) in [5, 5.41) is 4.99. The van der Waals surface area contributed by atoms with E-state index in [0.717, 1.165) is 23.3 Å². The van der Waals surface area contributed by atoms with E-state index < -0.39 is 29.5 Å². The molecular formula is C40H32F6N4O4. The Hall–Kier alpha value is -6.70. The molecule has 6 aromatic rings. The Morgan fingerprint density at radius 1 is 0.574 bits per heavy atom. The second-order valence-electron chi connectivity index (χ2n) is 11.4. The monoisotopic (exact) mass is 746 g/mol. The van der Waals surface area contributed by atoms with Crippen molar-refractivity contribution in [2.24, 2.45) is 0 Å². The maximum absolute atomic E-state index is 13.6. The predicted molar refractivity (Wildman–Crippen MR) is 192 cm³/mol. The number of nitrogen functional groups attached to an aromatic ring is 1. The third-order valence-corrected chi connectivity index (χ3v) is 7.32. The highest BCUT2D eigenvalue weighted by molar-refractivity contribution is 5.99. The van der Waals surface area contributed by atoms with Gasteiger partial charge >= 0.3 is 18.4 Å². The lowest BCUT2D eigenvalue weighted by molar-refractivity contribution is -0.139. The van der Waals surface area contributed by atoms with Gasteiger partial charge in [-0.1, -0.05) is 60.7 Å². The Morgan fingerprint density at radius 3 is 1.57 bits per heavy atom. The third-order valence-electron chi connectivity index (χ3n) is 7.32. The number of anilines is 3. The van der Waals surface area contributed by atoms with Gasteiger partial charge in [0.2, 0.25) is 0 Å². The van der Waals surface area contributed by atoms with Gasteiger partial charge in [0.15, 0.2) is 0 Å². The highest BCUT2D eigenvalue weighted by Gasteiger charge is 2.35. The molecule has 0 aliphatic heterocycles. The number of amides is 2. The molecule has 0 saturated heterocycles. The van der Waals surface area contributed by atoms with Crippen LogP contribution in [0.3, 0.4) is 0 Å². The molecule has 0 radical (unpaired) electrons. The molecule has 0 spiro atoms.